The molecule has 0 bridgehead atoms. The highest BCUT2D eigenvalue weighted by Gasteiger charge is 2.28. The van der Waals surface area contributed by atoms with Gasteiger partial charge >= 0.3 is 0 Å². The van der Waals surface area contributed by atoms with Gasteiger partial charge in [-0.15, -0.1) is 0 Å². The zero-order valence-corrected chi connectivity index (χ0v) is 20.9. The fraction of sp³-hybridized carbons (Fsp3) is 0.192. The van der Waals surface area contributed by atoms with E-state index in [9.17, 15) is 16.8 Å². The quantitative estimate of drug-likeness (QED) is 0.375. The first-order chi connectivity index (χ1) is 16.7. The first kappa shape index (κ1) is 23.5. The van der Waals surface area contributed by atoms with Crippen molar-refractivity contribution in [3.63, 3.8) is 0 Å². The van der Waals surface area contributed by atoms with Gasteiger partial charge in [-0.2, -0.15) is 4.31 Å². The van der Waals surface area contributed by atoms with Crippen LogP contribution in [-0.2, 0) is 20.0 Å². The van der Waals surface area contributed by atoms with Crippen LogP contribution < -0.4 is 0 Å². The molecule has 0 atom stereocenters. The Kier molecular flexibility index (Phi) is 5.86. The van der Waals surface area contributed by atoms with Gasteiger partial charge in [0.05, 0.1) is 15.5 Å². The Morgan fingerprint density at radius 2 is 1.49 bits per heavy atom. The maximum absolute atomic E-state index is 13.6. The standard InChI is InChI=1S/C26H25N3O4S2/c1-19(2)25-18-24-23(20-10-12-22(13-11-20)34(30,31)28-16-6-7-17-28)14-15-27-26(24)29(25)35(32,33)21-8-4-3-5-9-21/h3-5,8-15,18H,1,6-7,16-17H2,2H3. The van der Waals surface area contributed by atoms with Crippen molar-refractivity contribution in [1.29, 1.82) is 0 Å². The number of rotatable bonds is 6. The molecular weight excluding hydrogens is 482 g/mol. The summed E-state index contributed by atoms with van der Waals surface area (Å²) in [6.07, 6.45) is 3.31. The number of fused-ring (bicyclic) bond motifs is 1. The van der Waals surface area contributed by atoms with Crippen LogP contribution in [0.5, 0.6) is 0 Å². The van der Waals surface area contributed by atoms with E-state index in [0.29, 0.717) is 29.7 Å². The summed E-state index contributed by atoms with van der Waals surface area (Å²) in [5.41, 5.74) is 2.83. The van der Waals surface area contributed by atoms with Crippen molar-refractivity contribution >= 4 is 36.7 Å². The second kappa shape index (κ2) is 8.75. The van der Waals surface area contributed by atoms with E-state index >= 15 is 0 Å². The SMILES string of the molecule is C=C(C)c1cc2c(-c3ccc(S(=O)(=O)N4CCCC4)cc3)ccnc2n1S(=O)(=O)c1ccccc1. The highest BCUT2D eigenvalue weighted by Crippen LogP contribution is 2.35. The second-order valence-electron chi connectivity index (χ2n) is 8.62. The van der Waals surface area contributed by atoms with Crippen LogP contribution in [0.3, 0.4) is 0 Å². The van der Waals surface area contributed by atoms with E-state index in [-0.39, 0.29) is 15.4 Å². The van der Waals surface area contributed by atoms with Gasteiger partial charge in [0.25, 0.3) is 10.0 Å². The van der Waals surface area contributed by atoms with Crippen LogP contribution >= 0.6 is 0 Å². The molecule has 35 heavy (non-hydrogen) atoms. The van der Waals surface area contributed by atoms with Crippen LogP contribution in [0.1, 0.15) is 25.5 Å². The molecule has 1 aliphatic rings. The summed E-state index contributed by atoms with van der Waals surface area (Å²) in [5, 5.41) is 0.639. The van der Waals surface area contributed by atoms with Gasteiger partial charge in [0.1, 0.15) is 0 Å². The van der Waals surface area contributed by atoms with Gasteiger partial charge in [-0.3, -0.25) is 0 Å². The summed E-state index contributed by atoms with van der Waals surface area (Å²) in [6.45, 7) is 6.82. The van der Waals surface area contributed by atoms with Crippen LogP contribution in [0, 0.1) is 0 Å². The highest BCUT2D eigenvalue weighted by molar-refractivity contribution is 7.90. The van der Waals surface area contributed by atoms with E-state index in [0.717, 1.165) is 24.0 Å². The summed E-state index contributed by atoms with van der Waals surface area (Å²) in [6, 6.07) is 18.5. The topological polar surface area (TPSA) is 89.3 Å². The summed E-state index contributed by atoms with van der Waals surface area (Å²) in [7, 11) is -7.44. The molecule has 1 saturated heterocycles. The van der Waals surface area contributed by atoms with Crippen LogP contribution in [0.15, 0.2) is 89.3 Å². The maximum Gasteiger partial charge on any atom is 0.269 e. The van der Waals surface area contributed by atoms with Crippen molar-refractivity contribution in [1.82, 2.24) is 13.3 Å². The molecule has 0 unspecified atom stereocenters. The Labute approximate surface area is 205 Å². The number of allylic oxidation sites excluding steroid dienone is 1. The Bertz CT molecular complexity index is 1630. The average Bonchev–Trinajstić information content (AvgIpc) is 3.54. The van der Waals surface area contributed by atoms with Crippen molar-refractivity contribution in [2.45, 2.75) is 29.6 Å². The molecule has 7 nitrogen and oxygen atoms in total. The zero-order valence-electron chi connectivity index (χ0n) is 19.3. The molecule has 0 radical (unpaired) electrons. The molecule has 9 heteroatoms. The van der Waals surface area contributed by atoms with Gasteiger partial charge < -0.3 is 0 Å². The first-order valence-electron chi connectivity index (χ1n) is 11.3. The van der Waals surface area contributed by atoms with E-state index in [2.05, 4.69) is 11.6 Å². The predicted octanol–water partition coefficient (Wildman–Crippen LogP) is 4.76. The third kappa shape index (κ3) is 3.99. The van der Waals surface area contributed by atoms with Crippen molar-refractivity contribution in [2.75, 3.05) is 13.1 Å². The van der Waals surface area contributed by atoms with Crippen LogP contribution in [0.25, 0.3) is 27.7 Å². The second-order valence-corrected chi connectivity index (χ2v) is 12.3. The van der Waals surface area contributed by atoms with Crippen molar-refractivity contribution < 1.29 is 16.8 Å². The molecule has 180 valence electrons. The predicted molar refractivity (Wildman–Crippen MR) is 137 cm³/mol. The zero-order chi connectivity index (χ0) is 24.8. The molecule has 0 aliphatic carbocycles. The number of hydrogen-bond acceptors (Lipinski definition) is 5. The average molecular weight is 508 g/mol. The minimum absolute atomic E-state index is 0.156. The molecule has 5 rings (SSSR count). The molecule has 0 spiro atoms. The van der Waals surface area contributed by atoms with Gasteiger partial charge in [-0.25, -0.2) is 25.8 Å². The molecule has 0 N–H and O–H groups in total. The van der Waals surface area contributed by atoms with Crippen LogP contribution in [0.4, 0.5) is 0 Å². The molecule has 2 aromatic carbocycles. The Hall–Kier alpha value is -3.27. The van der Waals surface area contributed by atoms with Crippen molar-refractivity contribution in [2.24, 2.45) is 0 Å². The first-order valence-corrected chi connectivity index (χ1v) is 14.2. The summed E-state index contributed by atoms with van der Waals surface area (Å²) in [5.74, 6) is 0. The van der Waals surface area contributed by atoms with E-state index in [1.807, 2.05) is 0 Å². The Morgan fingerprint density at radius 3 is 2.11 bits per heavy atom. The number of nitrogens with zero attached hydrogens (tertiary/aromatic N) is 3. The largest absolute Gasteiger partial charge is 0.269 e. The van der Waals surface area contributed by atoms with E-state index in [1.54, 1.807) is 79.9 Å². The fourth-order valence-corrected chi connectivity index (χ4v) is 7.52. The molecule has 4 aromatic rings. The number of aromatic nitrogens is 2. The molecule has 0 amide bonds. The third-order valence-corrected chi connectivity index (χ3v) is 9.88. The molecule has 3 heterocycles. The lowest BCUT2D eigenvalue weighted by Crippen LogP contribution is -2.27. The number of benzene rings is 2. The number of sulfonamides is 1. The van der Waals surface area contributed by atoms with Crippen LogP contribution in [-0.4, -0.2) is 43.2 Å². The number of pyridine rings is 1. The van der Waals surface area contributed by atoms with E-state index in [4.69, 9.17) is 0 Å². The Morgan fingerprint density at radius 1 is 0.857 bits per heavy atom. The minimum atomic E-state index is -3.92. The summed E-state index contributed by atoms with van der Waals surface area (Å²) >= 11 is 0. The van der Waals surface area contributed by atoms with E-state index in [1.165, 1.54) is 8.28 Å². The lowest BCUT2D eigenvalue weighted by atomic mass is 10.0. The van der Waals surface area contributed by atoms with Gasteiger partial charge in [0.2, 0.25) is 10.0 Å². The highest BCUT2D eigenvalue weighted by atomic mass is 32.2. The van der Waals surface area contributed by atoms with E-state index < -0.39 is 20.0 Å². The molecule has 1 aliphatic heterocycles. The summed E-state index contributed by atoms with van der Waals surface area (Å²) in [4.78, 5) is 4.82. The van der Waals surface area contributed by atoms with Gasteiger partial charge in [0, 0.05) is 24.7 Å². The fourth-order valence-electron chi connectivity index (χ4n) is 4.45. The lowest BCUT2D eigenvalue weighted by Gasteiger charge is -2.15. The number of hydrogen-bond donors (Lipinski definition) is 0. The molecule has 0 saturated carbocycles. The Balaban J connectivity index is 1.64. The molecular formula is C26H25N3O4S2. The van der Waals surface area contributed by atoms with Gasteiger partial charge in [-0.1, -0.05) is 36.9 Å². The minimum Gasteiger partial charge on any atom is -0.237 e. The van der Waals surface area contributed by atoms with Crippen molar-refractivity contribution in [3.05, 3.63) is 85.2 Å². The monoisotopic (exact) mass is 507 g/mol. The lowest BCUT2D eigenvalue weighted by molar-refractivity contribution is 0.477. The van der Waals surface area contributed by atoms with Crippen molar-refractivity contribution in [3.8, 4) is 11.1 Å². The van der Waals surface area contributed by atoms with Gasteiger partial charge in [0.15, 0.2) is 5.65 Å². The van der Waals surface area contributed by atoms with Crippen LogP contribution in [0.2, 0.25) is 0 Å². The third-order valence-electron chi connectivity index (χ3n) is 6.25. The maximum atomic E-state index is 13.6. The van der Waals surface area contributed by atoms with Gasteiger partial charge in [-0.05, 0) is 72.9 Å². The molecule has 2 aromatic heterocycles. The summed E-state index contributed by atoms with van der Waals surface area (Å²) < 4.78 is 55.7. The smallest absolute Gasteiger partial charge is 0.237 e. The molecule has 1 fully saturated rings. The normalized spacial score (nSPS) is 15.0.